The van der Waals surface area contributed by atoms with Gasteiger partial charge in [-0.1, -0.05) is 41.6 Å². The van der Waals surface area contributed by atoms with Crippen molar-refractivity contribution in [3.8, 4) is 5.75 Å². The summed E-state index contributed by atoms with van der Waals surface area (Å²) >= 11 is 6.78. The van der Waals surface area contributed by atoms with Gasteiger partial charge in [0.05, 0.1) is 29.1 Å². The fraction of sp³-hybridized carbons (Fsp3) is 0.211. The van der Waals surface area contributed by atoms with E-state index in [0.717, 1.165) is 29.5 Å². The number of nitrogens with one attached hydrogen (secondary N) is 1. The number of nitrogens with zero attached hydrogens (tertiary/aromatic N) is 3. The fourth-order valence-electron chi connectivity index (χ4n) is 2.65. The topological polar surface area (TPSA) is 95.1 Å². The number of benzene rings is 2. The van der Waals surface area contributed by atoms with Crippen LogP contribution in [0, 0.1) is 0 Å². The summed E-state index contributed by atoms with van der Waals surface area (Å²) in [5, 5.41) is 10.2. The zero-order chi connectivity index (χ0) is 22.6. The molecule has 31 heavy (non-hydrogen) atoms. The molecule has 0 spiro atoms. The minimum atomic E-state index is -4.66. The Bertz CT molecular complexity index is 1070. The summed E-state index contributed by atoms with van der Waals surface area (Å²) in [4.78, 5) is 12.2. The molecule has 3 rings (SSSR count). The highest BCUT2D eigenvalue weighted by atomic mass is 35.5. The monoisotopic (exact) mass is 471 g/mol. The van der Waals surface area contributed by atoms with Crippen LogP contribution in [0.5, 0.6) is 5.75 Å². The van der Waals surface area contributed by atoms with Crippen molar-refractivity contribution in [3.05, 3.63) is 64.4 Å². The molecule has 7 nitrogen and oxygen atoms in total. The van der Waals surface area contributed by atoms with Gasteiger partial charge in [-0.3, -0.25) is 4.79 Å². The van der Waals surface area contributed by atoms with Crippen LogP contribution in [-0.2, 0) is 17.4 Å². The van der Waals surface area contributed by atoms with Crippen LogP contribution in [0.15, 0.2) is 47.6 Å². The molecule has 0 saturated carbocycles. The third-order valence-electron chi connectivity index (χ3n) is 4.17. The first-order chi connectivity index (χ1) is 14.7. The Kier molecular flexibility index (Phi) is 6.96. The Morgan fingerprint density at radius 2 is 1.94 bits per heavy atom. The van der Waals surface area contributed by atoms with E-state index in [1.165, 1.54) is 10.7 Å². The third-order valence-corrected chi connectivity index (χ3v) is 5.43. The number of carbonyl (C=O) groups excluding carboxylic acids is 1. The number of ether oxygens (including phenoxy) is 1. The average molecular weight is 472 g/mol. The zero-order valence-corrected chi connectivity index (χ0v) is 17.7. The second-order valence-corrected chi connectivity index (χ2v) is 7.64. The average Bonchev–Trinajstić information content (AvgIpc) is 3.07. The molecule has 0 radical (unpaired) electrons. The van der Waals surface area contributed by atoms with E-state index in [4.69, 9.17) is 22.2 Å². The number of nitrogens with two attached hydrogens (primary N) is 1. The van der Waals surface area contributed by atoms with Crippen molar-refractivity contribution in [1.29, 1.82) is 0 Å². The van der Waals surface area contributed by atoms with Crippen molar-refractivity contribution in [2.75, 3.05) is 24.0 Å². The maximum atomic E-state index is 13.1. The van der Waals surface area contributed by atoms with Crippen LogP contribution >= 0.6 is 23.4 Å². The molecule has 3 N–H and O–H groups in total. The molecule has 0 saturated heterocycles. The number of methoxy groups -OCH3 is 1. The zero-order valence-electron chi connectivity index (χ0n) is 16.1. The largest absolute Gasteiger partial charge is 0.497 e. The van der Waals surface area contributed by atoms with Gasteiger partial charge in [0.15, 0.2) is 5.82 Å². The molecule has 1 aromatic heterocycles. The van der Waals surface area contributed by atoms with Gasteiger partial charge in [-0.25, -0.2) is 4.68 Å². The normalized spacial score (nSPS) is 11.4. The molecule has 1 heterocycles. The number of nitrogen functional groups attached to an aromatic ring is 1. The van der Waals surface area contributed by atoms with Crippen molar-refractivity contribution in [3.63, 3.8) is 0 Å². The number of rotatable bonds is 7. The van der Waals surface area contributed by atoms with Gasteiger partial charge < -0.3 is 15.9 Å². The van der Waals surface area contributed by atoms with Gasteiger partial charge in [0.25, 0.3) is 0 Å². The predicted octanol–water partition coefficient (Wildman–Crippen LogP) is 3.99. The van der Waals surface area contributed by atoms with Gasteiger partial charge in [-0.2, -0.15) is 13.2 Å². The lowest BCUT2D eigenvalue weighted by Gasteiger charge is -2.15. The number of aromatic nitrogens is 3. The van der Waals surface area contributed by atoms with Gasteiger partial charge in [0.1, 0.15) is 5.75 Å². The van der Waals surface area contributed by atoms with E-state index < -0.39 is 23.3 Å². The van der Waals surface area contributed by atoms with Crippen LogP contribution < -0.4 is 15.9 Å². The quantitative estimate of drug-likeness (QED) is 0.399. The molecular formula is C19H17ClF3N5O2S. The van der Waals surface area contributed by atoms with E-state index in [2.05, 4.69) is 15.5 Å². The standard InChI is InChI=1S/C19H17ClF3N5O2S/c1-30-12-7-5-11(6-8-12)9-15-26-27-18(28(15)24)31-10-16(29)25-17-13(19(21,22)23)3-2-4-14(17)20/h2-8H,9-10,24H2,1H3,(H,25,29). The molecular weight excluding hydrogens is 455 g/mol. The van der Waals surface area contributed by atoms with E-state index in [0.29, 0.717) is 18.0 Å². The fourth-order valence-corrected chi connectivity index (χ4v) is 3.54. The number of carbonyl (C=O) groups is 1. The molecule has 0 aliphatic carbocycles. The van der Waals surface area contributed by atoms with E-state index >= 15 is 0 Å². The molecule has 12 heteroatoms. The van der Waals surface area contributed by atoms with Crippen molar-refractivity contribution in [2.45, 2.75) is 17.8 Å². The Labute approximate surface area is 184 Å². The Morgan fingerprint density at radius 3 is 2.58 bits per heavy atom. The summed E-state index contributed by atoms with van der Waals surface area (Å²) in [7, 11) is 1.57. The summed E-state index contributed by atoms with van der Waals surface area (Å²) in [5.74, 6) is 6.24. The molecule has 164 valence electrons. The van der Waals surface area contributed by atoms with Gasteiger partial charge >= 0.3 is 6.18 Å². The van der Waals surface area contributed by atoms with Crippen molar-refractivity contribution < 1.29 is 22.7 Å². The van der Waals surface area contributed by atoms with Crippen LogP contribution in [0.4, 0.5) is 18.9 Å². The molecule has 0 fully saturated rings. The Morgan fingerprint density at radius 1 is 1.23 bits per heavy atom. The predicted molar refractivity (Wildman–Crippen MR) is 112 cm³/mol. The lowest BCUT2D eigenvalue weighted by molar-refractivity contribution is -0.137. The lowest BCUT2D eigenvalue weighted by atomic mass is 10.1. The summed E-state index contributed by atoms with van der Waals surface area (Å²) in [6.45, 7) is 0. The van der Waals surface area contributed by atoms with Gasteiger partial charge in [0, 0.05) is 6.42 Å². The van der Waals surface area contributed by atoms with Gasteiger partial charge in [-0.05, 0) is 29.8 Å². The van der Waals surface area contributed by atoms with Gasteiger partial charge in [-0.15, -0.1) is 10.2 Å². The number of thioether (sulfide) groups is 1. The molecule has 3 aromatic rings. The first-order valence-corrected chi connectivity index (χ1v) is 10.2. The second kappa shape index (κ2) is 9.48. The maximum absolute atomic E-state index is 13.1. The number of hydrogen-bond donors (Lipinski definition) is 2. The van der Waals surface area contributed by atoms with Crippen LogP contribution in [0.1, 0.15) is 17.0 Å². The number of halogens is 4. The van der Waals surface area contributed by atoms with Crippen molar-refractivity contribution in [1.82, 2.24) is 14.9 Å². The number of anilines is 1. The molecule has 0 aliphatic heterocycles. The number of para-hydroxylation sites is 1. The summed E-state index contributed by atoms with van der Waals surface area (Å²) in [6, 6.07) is 10.6. The highest BCUT2D eigenvalue weighted by Crippen LogP contribution is 2.38. The van der Waals surface area contributed by atoms with E-state index in [1.807, 2.05) is 12.1 Å². The second-order valence-electron chi connectivity index (χ2n) is 6.29. The number of alkyl halides is 3. The minimum absolute atomic E-state index is 0.211. The minimum Gasteiger partial charge on any atom is -0.497 e. The highest BCUT2D eigenvalue weighted by molar-refractivity contribution is 7.99. The summed E-state index contributed by atoms with van der Waals surface area (Å²) < 4.78 is 45.8. The van der Waals surface area contributed by atoms with E-state index in [9.17, 15) is 18.0 Å². The number of amides is 1. The molecule has 2 aromatic carbocycles. The van der Waals surface area contributed by atoms with Crippen LogP contribution in [-0.4, -0.2) is 33.6 Å². The van der Waals surface area contributed by atoms with E-state index in [1.54, 1.807) is 19.2 Å². The lowest BCUT2D eigenvalue weighted by Crippen LogP contribution is -2.19. The van der Waals surface area contributed by atoms with Gasteiger partial charge in [0.2, 0.25) is 11.1 Å². The van der Waals surface area contributed by atoms with Crippen LogP contribution in [0.2, 0.25) is 5.02 Å². The van der Waals surface area contributed by atoms with E-state index in [-0.39, 0.29) is 15.9 Å². The molecule has 0 bridgehead atoms. The Balaban J connectivity index is 1.64. The smallest absolute Gasteiger partial charge is 0.418 e. The molecule has 0 atom stereocenters. The molecule has 0 unspecified atom stereocenters. The Hall–Kier alpha value is -2.92. The SMILES string of the molecule is COc1ccc(Cc2nnc(SCC(=O)Nc3c(Cl)cccc3C(F)(F)F)n2N)cc1. The summed E-state index contributed by atoms with van der Waals surface area (Å²) in [5.41, 5.74) is -0.591. The van der Waals surface area contributed by atoms with Crippen LogP contribution in [0.3, 0.4) is 0 Å². The molecule has 0 aliphatic rings. The summed E-state index contributed by atoms with van der Waals surface area (Å²) in [6.07, 6.45) is -4.26. The third kappa shape index (κ3) is 5.61. The highest BCUT2D eigenvalue weighted by Gasteiger charge is 2.34. The number of hydrogen-bond acceptors (Lipinski definition) is 6. The first-order valence-electron chi connectivity index (χ1n) is 8.79. The van der Waals surface area contributed by atoms with Crippen molar-refractivity contribution >= 4 is 35.0 Å². The molecule has 1 amide bonds. The first kappa shape index (κ1) is 22.8. The maximum Gasteiger partial charge on any atom is 0.418 e. The van der Waals surface area contributed by atoms with Crippen molar-refractivity contribution in [2.24, 2.45) is 0 Å². The van der Waals surface area contributed by atoms with Crippen LogP contribution in [0.25, 0.3) is 0 Å².